The van der Waals surface area contributed by atoms with Gasteiger partial charge in [-0.05, 0) is 38.0 Å². The molecule has 21 heavy (non-hydrogen) atoms. The van der Waals surface area contributed by atoms with Crippen LogP contribution in [0.2, 0.25) is 0 Å². The van der Waals surface area contributed by atoms with Crippen LogP contribution in [0.25, 0.3) is 0 Å². The fourth-order valence-electron chi connectivity index (χ4n) is 2.18. The second kappa shape index (κ2) is 7.02. The topological polar surface area (TPSA) is 49.8 Å². The number of hydrogen-bond acceptors (Lipinski definition) is 4. The Morgan fingerprint density at radius 2 is 1.90 bits per heavy atom. The maximum absolute atomic E-state index is 13.4. The van der Waals surface area contributed by atoms with Crippen LogP contribution >= 0.6 is 0 Å². The monoisotopic (exact) mass is 288 g/mol. The maximum atomic E-state index is 13.4. The lowest BCUT2D eigenvalue weighted by atomic mass is 10.1. The van der Waals surface area contributed by atoms with E-state index in [0.29, 0.717) is 0 Å². The predicted molar refractivity (Wildman–Crippen MR) is 84.6 cm³/mol. The minimum absolute atomic E-state index is 0.263. The van der Waals surface area contributed by atoms with Gasteiger partial charge in [0.1, 0.15) is 23.8 Å². The average Bonchev–Trinajstić information content (AvgIpc) is 2.46. The highest BCUT2D eigenvalue weighted by atomic mass is 19.1. The smallest absolute Gasteiger partial charge is 0.139 e. The first kappa shape index (κ1) is 15.2. The van der Waals surface area contributed by atoms with Crippen molar-refractivity contribution in [2.75, 3.05) is 17.2 Å². The van der Waals surface area contributed by atoms with Crippen molar-refractivity contribution in [2.24, 2.45) is 0 Å². The third-order valence-electron chi connectivity index (χ3n) is 3.24. The molecule has 0 radical (unpaired) electrons. The summed E-state index contributed by atoms with van der Waals surface area (Å²) in [5, 5.41) is 6.48. The number of nitrogens with one attached hydrogen (secondary N) is 2. The zero-order chi connectivity index (χ0) is 15.2. The van der Waals surface area contributed by atoms with E-state index in [-0.39, 0.29) is 5.82 Å². The van der Waals surface area contributed by atoms with Gasteiger partial charge < -0.3 is 10.6 Å². The molecular weight excluding hydrogens is 267 g/mol. The Hall–Kier alpha value is -2.17. The van der Waals surface area contributed by atoms with E-state index in [1.807, 2.05) is 13.8 Å². The van der Waals surface area contributed by atoms with E-state index in [4.69, 9.17) is 0 Å². The van der Waals surface area contributed by atoms with Crippen molar-refractivity contribution in [2.45, 2.75) is 33.6 Å². The van der Waals surface area contributed by atoms with Crippen LogP contribution in [-0.4, -0.2) is 16.5 Å². The molecule has 0 bridgehead atoms. The number of benzene rings is 1. The van der Waals surface area contributed by atoms with Crippen molar-refractivity contribution < 1.29 is 4.39 Å². The molecule has 0 saturated heterocycles. The van der Waals surface area contributed by atoms with Gasteiger partial charge in [0.2, 0.25) is 0 Å². The number of anilines is 3. The van der Waals surface area contributed by atoms with Crippen LogP contribution in [0.5, 0.6) is 0 Å². The Morgan fingerprint density at radius 1 is 1.14 bits per heavy atom. The molecule has 0 aliphatic rings. The van der Waals surface area contributed by atoms with Crippen molar-refractivity contribution in [3.63, 3.8) is 0 Å². The minimum Gasteiger partial charge on any atom is -0.370 e. The first-order valence-electron chi connectivity index (χ1n) is 7.26. The lowest BCUT2D eigenvalue weighted by Gasteiger charge is -2.15. The third kappa shape index (κ3) is 3.68. The van der Waals surface area contributed by atoms with Crippen LogP contribution in [0, 0.1) is 12.7 Å². The first-order chi connectivity index (χ1) is 10.2. The van der Waals surface area contributed by atoms with Crippen molar-refractivity contribution in [3.8, 4) is 0 Å². The Balaban J connectivity index is 2.38. The average molecular weight is 288 g/mol. The SMILES string of the molecule is CCCc1c(NCC)ncnc1Nc1cc(F)ccc1C. The van der Waals surface area contributed by atoms with Crippen molar-refractivity contribution in [3.05, 3.63) is 41.5 Å². The first-order valence-corrected chi connectivity index (χ1v) is 7.26. The Labute approximate surface area is 124 Å². The summed E-state index contributed by atoms with van der Waals surface area (Å²) < 4.78 is 13.4. The van der Waals surface area contributed by atoms with E-state index in [1.165, 1.54) is 18.5 Å². The molecule has 5 heteroatoms. The lowest BCUT2D eigenvalue weighted by Crippen LogP contribution is -2.08. The van der Waals surface area contributed by atoms with Gasteiger partial charge in [0.25, 0.3) is 0 Å². The fourth-order valence-corrected chi connectivity index (χ4v) is 2.18. The second-order valence-electron chi connectivity index (χ2n) is 4.91. The van der Waals surface area contributed by atoms with Gasteiger partial charge >= 0.3 is 0 Å². The van der Waals surface area contributed by atoms with E-state index >= 15 is 0 Å². The standard InChI is InChI=1S/C16H21FN4/c1-4-6-13-15(18-5-2)19-10-20-16(13)21-14-9-12(17)8-7-11(14)3/h7-10H,4-6H2,1-3H3,(H2,18,19,20,21). The molecule has 0 amide bonds. The van der Waals surface area contributed by atoms with E-state index < -0.39 is 0 Å². The molecule has 4 nitrogen and oxygen atoms in total. The lowest BCUT2D eigenvalue weighted by molar-refractivity contribution is 0.628. The minimum atomic E-state index is -0.263. The molecule has 2 aromatic rings. The molecular formula is C16H21FN4. The molecule has 1 aromatic carbocycles. The van der Waals surface area contributed by atoms with E-state index in [2.05, 4.69) is 27.5 Å². The van der Waals surface area contributed by atoms with E-state index in [0.717, 1.165) is 47.8 Å². The summed E-state index contributed by atoms with van der Waals surface area (Å²) in [5.74, 6) is 1.31. The number of nitrogens with zero attached hydrogens (tertiary/aromatic N) is 2. The van der Waals surface area contributed by atoms with Crippen LogP contribution in [0.3, 0.4) is 0 Å². The van der Waals surface area contributed by atoms with Gasteiger partial charge in [-0.15, -0.1) is 0 Å². The van der Waals surface area contributed by atoms with Gasteiger partial charge in [0.05, 0.1) is 0 Å². The molecule has 0 unspecified atom stereocenters. The van der Waals surface area contributed by atoms with Crippen LogP contribution < -0.4 is 10.6 Å². The number of aromatic nitrogens is 2. The fraction of sp³-hybridized carbons (Fsp3) is 0.375. The molecule has 112 valence electrons. The van der Waals surface area contributed by atoms with E-state index in [1.54, 1.807) is 6.07 Å². The van der Waals surface area contributed by atoms with Gasteiger partial charge in [-0.1, -0.05) is 19.4 Å². The summed E-state index contributed by atoms with van der Waals surface area (Å²) in [5.41, 5.74) is 2.74. The Morgan fingerprint density at radius 3 is 2.62 bits per heavy atom. The molecule has 0 aliphatic carbocycles. The summed E-state index contributed by atoms with van der Waals surface area (Å²) in [6.07, 6.45) is 3.37. The normalized spacial score (nSPS) is 10.5. The molecule has 1 heterocycles. The van der Waals surface area contributed by atoms with Gasteiger partial charge in [-0.3, -0.25) is 0 Å². The molecule has 2 N–H and O–H groups in total. The molecule has 0 fully saturated rings. The number of rotatable bonds is 6. The molecule has 0 aliphatic heterocycles. The summed E-state index contributed by atoms with van der Waals surface area (Å²) in [6.45, 7) is 6.88. The number of halogens is 1. The molecule has 0 spiro atoms. The molecule has 1 aromatic heterocycles. The van der Waals surface area contributed by atoms with Crippen molar-refractivity contribution in [1.82, 2.24) is 9.97 Å². The third-order valence-corrected chi connectivity index (χ3v) is 3.24. The summed E-state index contributed by atoms with van der Waals surface area (Å²) in [6, 6.07) is 4.70. The number of hydrogen-bond donors (Lipinski definition) is 2. The zero-order valence-electron chi connectivity index (χ0n) is 12.7. The van der Waals surface area contributed by atoms with E-state index in [9.17, 15) is 4.39 Å². The summed E-state index contributed by atoms with van der Waals surface area (Å²) in [4.78, 5) is 8.61. The van der Waals surface area contributed by atoms with Crippen molar-refractivity contribution in [1.29, 1.82) is 0 Å². The van der Waals surface area contributed by atoms with Gasteiger partial charge in [0.15, 0.2) is 0 Å². The van der Waals surface area contributed by atoms with Crippen molar-refractivity contribution >= 4 is 17.3 Å². The van der Waals surface area contributed by atoms with Crippen LogP contribution in [0.15, 0.2) is 24.5 Å². The van der Waals surface area contributed by atoms with Gasteiger partial charge in [0, 0.05) is 17.8 Å². The van der Waals surface area contributed by atoms with Crippen LogP contribution in [0.4, 0.5) is 21.7 Å². The number of aryl methyl sites for hydroxylation is 1. The maximum Gasteiger partial charge on any atom is 0.139 e. The predicted octanol–water partition coefficient (Wildman–Crippen LogP) is 4.05. The highest BCUT2D eigenvalue weighted by molar-refractivity contribution is 5.66. The molecule has 2 rings (SSSR count). The summed E-state index contributed by atoms with van der Waals surface area (Å²) >= 11 is 0. The van der Waals surface area contributed by atoms with Gasteiger partial charge in [-0.2, -0.15) is 0 Å². The Kier molecular flexibility index (Phi) is 5.09. The Bertz CT molecular complexity index is 613. The van der Waals surface area contributed by atoms with Gasteiger partial charge in [-0.25, -0.2) is 14.4 Å². The molecule has 0 saturated carbocycles. The van der Waals surface area contributed by atoms with Crippen LogP contribution in [0.1, 0.15) is 31.4 Å². The highest BCUT2D eigenvalue weighted by Gasteiger charge is 2.11. The quantitative estimate of drug-likeness (QED) is 0.842. The zero-order valence-corrected chi connectivity index (χ0v) is 12.7. The highest BCUT2D eigenvalue weighted by Crippen LogP contribution is 2.26. The summed E-state index contributed by atoms with van der Waals surface area (Å²) in [7, 11) is 0. The second-order valence-corrected chi connectivity index (χ2v) is 4.91. The largest absolute Gasteiger partial charge is 0.370 e. The van der Waals surface area contributed by atoms with Crippen LogP contribution in [-0.2, 0) is 6.42 Å². The molecule has 0 atom stereocenters.